The fourth-order valence-corrected chi connectivity index (χ4v) is 2.73. The Morgan fingerprint density at radius 1 is 1.42 bits per heavy atom. The van der Waals surface area contributed by atoms with Gasteiger partial charge >= 0.3 is 0 Å². The Labute approximate surface area is 112 Å². The van der Waals surface area contributed by atoms with Crippen LogP contribution in [-0.4, -0.2) is 9.55 Å². The number of halogens is 1. The summed E-state index contributed by atoms with van der Waals surface area (Å²) in [5.41, 5.74) is 8.73. The van der Waals surface area contributed by atoms with Crippen molar-refractivity contribution in [2.75, 3.05) is 5.73 Å². The Balaban J connectivity index is 2.14. The Bertz CT molecular complexity index is 631. The monoisotopic (exact) mass is 259 g/mol. The number of aromatic nitrogens is 2. The van der Waals surface area contributed by atoms with Crippen molar-refractivity contribution in [2.45, 2.75) is 33.2 Å². The fraction of sp³-hybridized carbons (Fsp3) is 0.400. The standard InChI is InChI=1S/C15H18FN3/c1-9-3-6-13-18-14(15(17)19(13)8-9)12-7-11(16)5-4-10(12)2/h4-5,7,9H,3,6,8,17H2,1-2H3. The van der Waals surface area contributed by atoms with Crippen molar-refractivity contribution < 1.29 is 4.39 Å². The average Bonchev–Trinajstić information content (AvgIpc) is 2.70. The second-order valence-electron chi connectivity index (χ2n) is 5.48. The van der Waals surface area contributed by atoms with E-state index in [2.05, 4.69) is 16.5 Å². The number of aryl methyl sites for hydroxylation is 2. The van der Waals surface area contributed by atoms with Crippen molar-refractivity contribution in [3.05, 3.63) is 35.4 Å². The maximum atomic E-state index is 13.4. The van der Waals surface area contributed by atoms with Crippen molar-refractivity contribution in [3.63, 3.8) is 0 Å². The molecule has 0 spiro atoms. The first-order valence-electron chi connectivity index (χ1n) is 6.67. The molecule has 2 N–H and O–H groups in total. The van der Waals surface area contributed by atoms with Crippen LogP contribution in [0.15, 0.2) is 18.2 Å². The van der Waals surface area contributed by atoms with E-state index >= 15 is 0 Å². The predicted octanol–water partition coefficient (Wildman–Crippen LogP) is 3.16. The first-order valence-corrected chi connectivity index (χ1v) is 6.67. The summed E-state index contributed by atoms with van der Waals surface area (Å²) in [5, 5.41) is 0. The van der Waals surface area contributed by atoms with Gasteiger partial charge in [-0.15, -0.1) is 0 Å². The zero-order chi connectivity index (χ0) is 13.6. The maximum absolute atomic E-state index is 13.4. The van der Waals surface area contributed by atoms with Gasteiger partial charge in [0.25, 0.3) is 0 Å². The molecule has 2 aromatic rings. The number of benzene rings is 1. The van der Waals surface area contributed by atoms with E-state index in [4.69, 9.17) is 5.73 Å². The molecule has 0 radical (unpaired) electrons. The SMILES string of the molecule is Cc1ccc(F)cc1-c1nc2n(c1N)CC(C)CC2. The summed E-state index contributed by atoms with van der Waals surface area (Å²) in [6.07, 6.45) is 2.08. The van der Waals surface area contributed by atoms with Crippen molar-refractivity contribution >= 4 is 5.82 Å². The normalized spacial score (nSPS) is 18.4. The predicted molar refractivity (Wildman–Crippen MR) is 74.3 cm³/mol. The van der Waals surface area contributed by atoms with E-state index in [9.17, 15) is 4.39 Å². The number of anilines is 1. The third kappa shape index (κ3) is 2.01. The van der Waals surface area contributed by atoms with Crippen molar-refractivity contribution in [1.82, 2.24) is 9.55 Å². The summed E-state index contributed by atoms with van der Waals surface area (Å²) in [4.78, 5) is 4.63. The minimum atomic E-state index is -0.251. The quantitative estimate of drug-likeness (QED) is 0.855. The summed E-state index contributed by atoms with van der Waals surface area (Å²) < 4.78 is 15.5. The van der Waals surface area contributed by atoms with Gasteiger partial charge in [-0.3, -0.25) is 0 Å². The molecule has 1 unspecified atom stereocenters. The minimum Gasteiger partial charge on any atom is -0.383 e. The van der Waals surface area contributed by atoms with Gasteiger partial charge in [-0.05, 0) is 37.0 Å². The molecule has 1 aromatic carbocycles. The molecule has 0 saturated heterocycles. The first kappa shape index (κ1) is 12.2. The molecule has 1 aromatic heterocycles. The lowest BCUT2D eigenvalue weighted by atomic mass is 10.0. The molecule has 2 heterocycles. The number of nitrogens with two attached hydrogens (primary N) is 1. The van der Waals surface area contributed by atoms with E-state index in [0.717, 1.165) is 42.0 Å². The molecule has 1 aliphatic heterocycles. The van der Waals surface area contributed by atoms with E-state index in [-0.39, 0.29) is 5.82 Å². The number of imidazole rings is 1. The zero-order valence-electron chi connectivity index (χ0n) is 11.3. The van der Waals surface area contributed by atoms with Crippen LogP contribution in [0.2, 0.25) is 0 Å². The van der Waals surface area contributed by atoms with Gasteiger partial charge in [0.2, 0.25) is 0 Å². The summed E-state index contributed by atoms with van der Waals surface area (Å²) in [7, 11) is 0. The van der Waals surface area contributed by atoms with Crippen molar-refractivity contribution in [2.24, 2.45) is 5.92 Å². The Morgan fingerprint density at radius 2 is 2.21 bits per heavy atom. The maximum Gasteiger partial charge on any atom is 0.131 e. The molecule has 4 heteroatoms. The zero-order valence-corrected chi connectivity index (χ0v) is 11.3. The lowest BCUT2D eigenvalue weighted by Crippen LogP contribution is -2.19. The molecule has 1 aliphatic rings. The summed E-state index contributed by atoms with van der Waals surface area (Å²) >= 11 is 0. The number of hydrogen-bond acceptors (Lipinski definition) is 2. The molecule has 19 heavy (non-hydrogen) atoms. The van der Waals surface area contributed by atoms with Crippen molar-refractivity contribution in [3.8, 4) is 11.3 Å². The summed E-state index contributed by atoms with van der Waals surface area (Å²) in [6.45, 7) is 5.08. The van der Waals surface area contributed by atoms with Gasteiger partial charge in [0.1, 0.15) is 23.2 Å². The van der Waals surface area contributed by atoms with E-state index in [1.165, 1.54) is 12.1 Å². The van der Waals surface area contributed by atoms with Crippen LogP contribution in [0.4, 0.5) is 10.2 Å². The van der Waals surface area contributed by atoms with E-state index < -0.39 is 0 Å². The van der Waals surface area contributed by atoms with Gasteiger partial charge < -0.3 is 10.3 Å². The number of rotatable bonds is 1. The molecule has 100 valence electrons. The highest BCUT2D eigenvalue weighted by Gasteiger charge is 2.22. The lowest BCUT2D eigenvalue weighted by Gasteiger charge is -2.20. The van der Waals surface area contributed by atoms with Crippen LogP contribution in [0.1, 0.15) is 24.7 Å². The van der Waals surface area contributed by atoms with Crippen LogP contribution in [0.25, 0.3) is 11.3 Å². The number of hydrogen-bond donors (Lipinski definition) is 1. The van der Waals surface area contributed by atoms with E-state index in [0.29, 0.717) is 11.7 Å². The van der Waals surface area contributed by atoms with Gasteiger partial charge in [-0.2, -0.15) is 0 Å². The van der Waals surface area contributed by atoms with Crippen molar-refractivity contribution in [1.29, 1.82) is 0 Å². The molecule has 0 saturated carbocycles. The van der Waals surface area contributed by atoms with Crippen LogP contribution in [0.3, 0.4) is 0 Å². The highest BCUT2D eigenvalue weighted by atomic mass is 19.1. The number of fused-ring (bicyclic) bond motifs is 1. The fourth-order valence-electron chi connectivity index (χ4n) is 2.73. The van der Waals surface area contributed by atoms with E-state index in [1.807, 2.05) is 6.92 Å². The van der Waals surface area contributed by atoms with Gasteiger partial charge in [0, 0.05) is 18.5 Å². The molecular weight excluding hydrogens is 241 g/mol. The van der Waals surface area contributed by atoms with Crippen LogP contribution in [0, 0.1) is 18.7 Å². The van der Waals surface area contributed by atoms with Gasteiger partial charge in [0.05, 0.1) is 0 Å². The number of nitrogens with zero attached hydrogens (tertiary/aromatic N) is 2. The largest absolute Gasteiger partial charge is 0.383 e. The highest BCUT2D eigenvalue weighted by molar-refractivity contribution is 5.73. The summed E-state index contributed by atoms with van der Waals surface area (Å²) in [6, 6.07) is 4.75. The first-order chi connectivity index (χ1) is 9.06. The van der Waals surface area contributed by atoms with Crippen LogP contribution < -0.4 is 5.73 Å². The third-order valence-electron chi connectivity index (χ3n) is 3.90. The second kappa shape index (κ2) is 4.37. The Hall–Kier alpha value is -1.84. The Kier molecular flexibility index (Phi) is 2.81. The Morgan fingerprint density at radius 3 is 3.00 bits per heavy atom. The molecule has 3 nitrogen and oxygen atoms in total. The molecule has 0 amide bonds. The lowest BCUT2D eigenvalue weighted by molar-refractivity contribution is 0.397. The van der Waals surface area contributed by atoms with E-state index in [1.54, 1.807) is 6.07 Å². The van der Waals surface area contributed by atoms with Gasteiger partial charge in [-0.1, -0.05) is 13.0 Å². The molecule has 0 fully saturated rings. The smallest absolute Gasteiger partial charge is 0.131 e. The minimum absolute atomic E-state index is 0.251. The van der Waals surface area contributed by atoms with Crippen LogP contribution in [0.5, 0.6) is 0 Å². The highest BCUT2D eigenvalue weighted by Crippen LogP contribution is 2.32. The number of nitrogen functional groups attached to an aromatic ring is 1. The molecule has 3 rings (SSSR count). The molecule has 0 aliphatic carbocycles. The topological polar surface area (TPSA) is 43.8 Å². The molecular formula is C15H18FN3. The molecule has 1 atom stereocenters. The second-order valence-corrected chi connectivity index (χ2v) is 5.48. The van der Waals surface area contributed by atoms with Gasteiger partial charge in [0.15, 0.2) is 0 Å². The van der Waals surface area contributed by atoms with Crippen LogP contribution in [-0.2, 0) is 13.0 Å². The average molecular weight is 259 g/mol. The summed E-state index contributed by atoms with van der Waals surface area (Å²) in [5.74, 6) is 2.05. The third-order valence-corrected chi connectivity index (χ3v) is 3.90. The molecule has 0 bridgehead atoms. The van der Waals surface area contributed by atoms with Gasteiger partial charge in [-0.25, -0.2) is 9.37 Å². The van der Waals surface area contributed by atoms with Crippen LogP contribution >= 0.6 is 0 Å².